The topological polar surface area (TPSA) is 82.8 Å². The fraction of sp³-hybridized carbons (Fsp3) is 0.273. The Morgan fingerprint density at radius 1 is 1.26 bits per heavy atom. The third kappa shape index (κ3) is 5.40. The van der Waals surface area contributed by atoms with Crippen LogP contribution < -0.4 is 10.3 Å². The van der Waals surface area contributed by atoms with Gasteiger partial charge < -0.3 is 9.47 Å². The van der Waals surface area contributed by atoms with Crippen LogP contribution in [0.5, 0.6) is 5.75 Å². The lowest BCUT2D eigenvalue weighted by Crippen LogP contribution is -2.25. The summed E-state index contributed by atoms with van der Waals surface area (Å²) in [5.41, 5.74) is 1.16. The van der Waals surface area contributed by atoms with E-state index in [4.69, 9.17) is 4.74 Å². The average molecular weight is 551 g/mol. The number of esters is 1. The number of hydrogen-bond acceptors (Lipinski definition) is 6. The largest absolute Gasteiger partial charge is 0.478 e. The summed E-state index contributed by atoms with van der Waals surface area (Å²) in [6, 6.07) is 10.7. The molecular weight excluding hydrogens is 530 g/mol. The number of aryl methyl sites for hydroxylation is 1. The van der Waals surface area contributed by atoms with E-state index in [1.165, 1.54) is 11.8 Å². The van der Waals surface area contributed by atoms with Gasteiger partial charge in [-0.3, -0.25) is 4.79 Å². The summed E-state index contributed by atoms with van der Waals surface area (Å²) in [7, 11) is 1.31. The van der Waals surface area contributed by atoms with Crippen LogP contribution in [-0.4, -0.2) is 35.1 Å². The fourth-order valence-electron chi connectivity index (χ4n) is 2.92. The highest BCUT2D eigenvalue weighted by molar-refractivity contribution is 9.10. The van der Waals surface area contributed by atoms with Crippen molar-refractivity contribution in [2.75, 3.05) is 7.11 Å². The zero-order chi connectivity index (χ0) is 22.5. The molecule has 0 aliphatic rings. The van der Waals surface area contributed by atoms with Gasteiger partial charge in [0.05, 0.1) is 28.7 Å². The van der Waals surface area contributed by atoms with Gasteiger partial charge in [-0.15, -0.1) is 0 Å². The Hall–Kier alpha value is -2.52. The number of carbonyl (C=O) groups excluding carboxylic acids is 1. The zero-order valence-corrected chi connectivity index (χ0v) is 20.4. The molecule has 0 aliphatic carbocycles. The van der Waals surface area contributed by atoms with Gasteiger partial charge in [0.25, 0.3) is 5.56 Å². The highest BCUT2D eigenvalue weighted by Crippen LogP contribution is 2.26. The van der Waals surface area contributed by atoms with Gasteiger partial charge in [-0.25, -0.2) is 9.78 Å². The number of hydrogen-bond donors (Lipinski definition) is 0. The molecule has 0 amide bonds. The van der Waals surface area contributed by atoms with Crippen LogP contribution >= 0.6 is 31.9 Å². The Kier molecular flexibility index (Phi) is 7.61. The molecule has 7 nitrogen and oxygen atoms in total. The van der Waals surface area contributed by atoms with E-state index in [9.17, 15) is 9.59 Å². The molecule has 0 radical (unpaired) electrons. The Balaban J connectivity index is 1.94. The van der Waals surface area contributed by atoms with Crippen LogP contribution in [0.3, 0.4) is 0 Å². The molecule has 162 valence electrons. The van der Waals surface area contributed by atoms with Gasteiger partial charge in [-0.1, -0.05) is 22.9 Å². The number of methoxy groups -OCH3 is 1. The predicted molar refractivity (Wildman–Crippen MR) is 127 cm³/mol. The van der Waals surface area contributed by atoms with E-state index in [1.54, 1.807) is 37.4 Å². The first-order valence-corrected chi connectivity index (χ1v) is 11.2. The standard InChI is InChI=1S/C22H21Br2N3O4/c1-4-5-20-26-18-8-7-15(23)11-16(18)21(28)27(20)25-12-14-6-9-19(17(24)10-14)31-13(2)22(29)30-3/h6-13H,4-5H2,1-3H3/t13-/m0/s1. The number of halogens is 2. The number of ether oxygens (including phenoxy) is 2. The zero-order valence-electron chi connectivity index (χ0n) is 17.3. The number of fused-ring (bicyclic) bond motifs is 1. The normalized spacial score (nSPS) is 12.3. The van der Waals surface area contributed by atoms with E-state index in [-0.39, 0.29) is 5.56 Å². The first-order chi connectivity index (χ1) is 14.8. The van der Waals surface area contributed by atoms with Gasteiger partial charge in [0.1, 0.15) is 11.6 Å². The summed E-state index contributed by atoms with van der Waals surface area (Å²) in [6.45, 7) is 3.64. The van der Waals surface area contributed by atoms with Crippen molar-refractivity contribution in [2.45, 2.75) is 32.8 Å². The van der Waals surface area contributed by atoms with Crippen molar-refractivity contribution in [3.8, 4) is 5.75 Å². The molecular formula is C22H21Br2N3O4. The summed E-state index contributed by atoms with van der Waals surface area (Å²) in [4.78, 5) is 29.2. The molecule has 2 aromatic carbocycles. The van der Waals surface area contributed by atoms with Crippen molar-refractivity contribution < 1.29 is 14.3 Å². The van der Waals surface area contributed by atoms with E-state index in [0.29, 0.717) is 33.4 Å². The molecule has 0 fully saturated rings. The van der Waals surface area contributed by atoms with Crippen LogP contribution in [0.2, 0.25) is 0 Å². The third-order valence-corrected chi connectivity index (χ3v) is 5.58. The second kappa shape index (κ2) is 10.2. The second-order valence-corrected chi connectivity index (χ2v) is 8.54. The minimum Gasteiger partial charge on any atom is -0.478 e. The number of aromatic nitrogens is 2. The van der Waals surface area contributed by atoms with Gasteiger partial charge in [0.15, 0.2) is 6.10 Å². The molecule has 0 spiro atoms. The van der Waals surface area contributed by atoms with Crippen LogP contribution in [0.25, 0.3) is 10.9 Å². The predicted octanol–water partition coefficient (Wildman–Crippen LogP) is 4.70. The SMILES string of the molecule is CCCc1nc2ccc(Br)cc2c(=O)n1N=Cc1ccc(O[C@@H](C)C(=O)OC)c(Br)c1. The smallest absolute Gasteiger partial charge is 0.346 e. The molecule has 0 unspecified atom stereocenters. The maximum absolute atomic E-state index is 13.0. The average Bonchev–Trinajstić information content (AvgIpc) is 2.75. The second-order valence-electron chi connectivity index (χ2n) is 6.77. The lowest BCUT2D eigenvalue weighted by molar-refractivity contribution is -0.147. The highest BCUT2D eigenvalue weighted by atomic mass is 79.9. The lowest BCUT2D eigenvalue weighted by Gasteiger charge is -2.14. The van der Waals surface area contributed by atoms with Crippen LogP contribution in [-0.2, 0) is 16.0 Å². The number of benzene rings is 2. The Bertz CT molecular complexity index is 1210. The van der Waals surface area contributed by atoms with Crippen molar-refractivity contribution in [2.24, 2.45) is 5.10 Å². The van der Waals surface area contributed by atoms with Crippen LogP contribution in [0.4, 0.5) is 0 Å². The Morgan fingerprint density at radius 3 is 2.71 bits per heavy atom. The van der Waals surface area contributed by atoms with Crippen molar-refractivity contribution in [3.05, 3.63) is 67.1 Å². The summed E-state index contributed by atoms with van der Waals surface area (Å²) in [5, 5.41) is 4.91. The molecule has 1 atom stereocenters. The fourth-order valence-corrected chi connectivity index (χ4v) is 3.77. The van der Waals surface area contributed by atoms with Crippen molar-refractivity contribution in [1.29, 1.82) is 0 Å². The van der Waals surface area contributed by atoms with Crippen LogP contribution in [0, 0.1) is 0 Å². The first-order valence-electron chi connectivity index (χ1n) is 9.63. The minimum absolute atomic E-state index is 0.225. The van der Waals surface area contributed by atoms with Crippen molar-refractivity contribution >= 4 is 54.9 Å². The Labute approximate surface area is 196 Å². The van der Waals surface area contributed by atoms with Crippen molar-refractivity contribution in [1.82, 2.24) is 9.66 Å². The minimum atomic E-state index is -0.737. The summed E-state index contributed by atoms with van der Waals surface area (Å²) in [5.74, 6) is 0.636. The van der Waals surface area contributed by atoms with Gasteiger partial charge in [-0.2, -0.15) is 9.78 Å². The van der Waals surface area contributed by atoms with Gasteiger partial charge >= 0.3 is 5.97 Å². The quantitative estimate of drug-likeness (QED) is 0.314. The summed E-state index contributed by atoms with van der Waals surface area (Å²) < 4.78 is 13.1. The number of carbonyl (C=O) groups is 1. The molecule has 0 bridgehead atoms. The molecule has 0 aliphatic heterocycles. The Morgan fingerprint density at radius 2 is 2.03 bits per heavy atom. The van der Waals surface area contributed by atoms with E-state index in [2.05, 4.69) is 46.7 Å². The van der Waals surface area contributed by atoms with Crippen molar-refractivity contribution in [3.63, 3.8) is 0 Å². The van der Waals surface area contributed by atoms with Crippen LogP contribution in [0.15, 0.2) is 55.2 Å². The third-order valence-electron chi connectivity index (χ3n) is 4.46. The number of nitrogens with zero attached hydrogens (tertiary/aromatic N) is 3. The monoisotopic (exact) mass is 549 g/mol. The number of rotatable bonds is 7. The van der Waals surface area contributed by atoms with E-state index in [1.807, 2.05) is 19.1 Å². The molecule has 0 saturated heterocycles. The highest BCUT2D eigenvalue weighted by Gasteiger charge is 2.16. The van der Waals surface area contributed by atoms with E-state index in [0.717, 1.165) is 16.5 Å². The maximum Gasteiger partial charge on any atom is 0.346 e. The lowest BCUT2D eigenvalue weighted by atomic mass is 10.2. The molecule has 3 aromatic rings. The molecule has 0 N–H and O–H groups in total. The molecule has 1 heterocycles. The van der Waals surface area contributed by atoms with E-state index >= 15 is 0 Å². The van der Waals surface area contributed by atoms with Crippen LogP contribution in [0.1, 0.15) is 31.7 Å². The molecule has 3 rings (SSSR count). The van der Waals surface area contributed by atoms with Gasteiger partial charge in [0, 0.05) is 10.9 Å². The summed E-state index contributed by atoms with van der Waals surface area (Å²) in [6.07, 6.45) is 2.31. The molecule has 1 aromatic heterocycles. The molecule has 31 heavy (non-hydrogen) atoms. The molecule has 0 saturated carbocycles. The van der Waals surface area contributed by atoms with Gasteiger partial charge in [-0.05, 0) is 71.2 Å². The van der Waals surface area contributed by atoms with Gasteiger partial charge in [0.2, 0.25) is 0 Å². The summed E-state index contributed by atoms with van der Waals surface area (Å²) >= 11 is 6.84. The maximum atomic E-state index is 13.0. The first kappa shape index (κ1) is 23.1. The van der Waals surface area contributed by atoms with E-state index < -0.39 is 12.1 Å². The molecule has 9 heteroatoms.